The number of hydrogen-bond acceptors (Lipinski definition) is 4. The molecule has 0 spiro atoms. The number of rotatable bonds is 6. The Bertz CT molecular complexity index is 910. The third-order valence-electron chi connectivity index (χ3n) is 3.58. The largest absolute Gasteiger partial charge is 0.494 e. The highest BCUT2D eigenvalue weighted by Gasteiger charge is 2.11. The summed E-state index contributed by atoms with van der Waals surface area (Å²) >= 11 is 13.5. The Labute approximate surface area is 165 Å². The van der Waals surface area contributed by atoms with Gasteiger partial charge in [0, 0.05) is 33.1 Å². The summed E-state index contributed by atoms with van der Waals surface area (Å²) in [5.74, 6) is 0.527. The number of nitrogens with one attached hydrogen (secondary N) is 1. The van der Waals surface area contributed by atoms with Crippen molar-refractivity contribution >= 4 is 45.6 Å². The van der Waals surface area contributed by atoms with Gasteiger partial charge in [-0.3, -0.25) is 10.1 Å². The van der Waals surface area contributed by atoms with Crippen molar-refractivity contribution in [2.45, 2.75) is 13.3 Å². The van der Waals surface area contributed by atoms with Crippen LogP contribution < -0.4 is 10.1 Å². The molecule has 0 bridgehead atoms. The standard InChI is InChI=1S/C19H16Cl2N2O2S/c1-2-25-15-7-4-12(5-8-15)18(24)23-19-22-11-16(26-19)9-13-3-6-14(20)10-17(13)21/h3-8,10-11H,2,9H2,1H3,(H,22,23,24). The Morgan fingerprint density at radius 3 is 2.65 bits per heavy atom. The predicted octanol–water partition coefficient (Wildman–Crippen LogP) is 5.69. The summed E-state index contributed by atoms with van der Waals surface area (Å²) in [6, 6.07) is 12.4. The van der Waals surface area contributed by atoms with Gasteiger partial charge in [-0.25, -0.2) is 4.98 Å². The van der Waals surface area contributed by atoms with Gasteiger partial charge in [-0.2, -0.15) is 0 Å². The molecule has 0 unspecified atom stereocenters. The fourth-order valence-electron chi connectivity index (χ4n) is 2.34. The highest BCUT2D eigenvalue weighted by atomic mass is 35.5. The van der Waals surface area contributed by atoms with E-state index < -0.39 is 0 Å². The van der Waals surface area contributed by atoms with Crippen LogP contribution in [-0.2, 0) is 6.42 Å². The minimum Gasteiger partial charge on any atom is -0.494 e. The average molecular weight is 407 g/mol. The Morgan fingerprint density at radius 2 is 1.96 bits per heavy atom. The monoisotopic (exact) mass is 406 g/mol. The Kier molecular flexibility index (Phi) is 6.14. The molecule has 1 heterocycles. The van der Waals surface area contributed by atoms with Gasteiger partial charge in [0.1, 0.15) is 5.75 Å². The molecule has 1 amide bonds. The lowest BCUT2D eigenvalue weighted by molar-refractivity contribution is 0.102. The van der Waals surface area contributed by atoms with E-state index in [0.717, 1.165) is 16.2 Å². The molecule has 3 aromatic rings. The van der Waals surface area contributed by atoms with Crippen molar-refractivity contribution in [2.24, 2.45) is 0 Å². The maximum absolute atomic E-state index is 12.3. The van der Waals surface area contributed by atoms with Crippen molar-refractivity contribution in [3.63, 3.8) is 0 Å². The Hall–Kier alpha value is -2.08. The van der Waals surface area contributed by atoms with Crippen LogP contribution in [0.15, 0.2) is 48.7 Å². The summed E-state index contributed by atoms with van der Waals surface area (Å²) in [7, 11) is 0. The van der Waals surface area contributed by atoms with Crippen LogP contribution in [0.1, 0.15) is 27.7 Å². The van der Waals surface area contributed by atoms with Crippen LogP contribution in [0.4, 0.5) is 5.13 Å². The number of nitrogens with zero attached hydrogens (tertiary/aromatic N) is 1. The smallest absolute Gasteiger partial charge is 0.257 e. The van der Waals surface area contributed by atoms with Crippen LogP contribution in [0.5, 0.6) is 5.75 Å². The van der Waals surface area contributed by atoms with Gasteiger partial charge >= 0.3 is 0 Å². The lowest BCUT2D eigenvalue weighted by Gasteiger charge is -2.05. The van der Waals surface area contributed by atoms with Gasteiger partial charge in [0.05, 0.1) is 6.61 Å². The quantitative estimate of drug-likeness (QED) is 0.571. The number of ether oxygens (including phenoxy) is 1. The molecule has 4 nitrogen and oxygen atoms in total. The zero-order valence-electron chi connectivity index (χ0n) is 14.0. The molecular weight excluding hydrogens is 391 g/mol. The topological polar surface area (TPSA) is 51.2 Å². The highest BCUT2D eigenvalue weighted by Crippen LogP contribution is 2.27. The van der Waals surface area contributed by atoms with Crippen LogP contribution in [-0.4, -0.2) is 17.5 Å². The van der Waals surface area contributed by atoms with E-state index in [4.69, 9.17) is 27.9 Å². The normalized spacial score (nSPS) is 10.6. The molecule has 0 aliphatic rings. The minimum absolute atomic E-state index is 0.210. The third kappa shape index (κ3) is 4.75. The zero-order valence-corrected chi connectivity index (χ0v) is 16.3. The zero-order chi connectivity index (χ0) is 18.5. The van der Waals surface area contributed by atoms with Gasteiger partial charge in [0.15, 0.2) is 5.13 Å². The van der Waals surface area contributed by atoms with Crippen LogP contribution >= 0.6 is 34.5 Å². The van der Waals surface area contributed by atoms with Crippen LogP contribution in [0, 0.1) is 0 Å². The second-order valence-corrected chi connectivity index (χ2v) is 7.41. The molecule has 0 atom stereocenters. The number of benzene rings is 2. The molecule has 7 heteroatoms. The number of thiazole rings is 1. The third-order valence-corrected chi connectivity index (χ3v) is 5.08. The lowest BCUT2D eigenvalue weighted by atomic mass is 10.1. The molecule has 0 aliphatic carbocycles. The number of carbonyl (C=O) groups is 1. The number of halogens is 2. The van der Waals surface area contributed by atoms with Crippen LogP contribution in [0.25, 0.3) is 0 Å². The molecule has 0 fully saturated rings. The molecule has 0 saturated heterocycles. The van der Waals surface area contributed by atoms with Crippen molar-refractivity contribution in [3.05, 3.63) is 74.7 Å². The number of carbonyl (C=O) groups excluding carboxylic acids is 1. The van der Waals surface area contributed by atoms with Gasteiger partial charge in [-0.1, -0.05) is 29.3 Å². The van der Waals surface area contributed by atoms with Crippen molar-refractivity contribution in [3.8, 4) is 5.75 Å². The molecule has 26 heavy (non-hydrogen) atoms. The van der Waals surface area contributed by atoms with Crippen LogP contribution in [0.3, 0.4) is 0 Å². The first-order valence-corrected chi connectivity index (χ1v) is 9.55. The molecular formula is C19H16Cl2N2O2S. The van der Waals surface area contributed by atoms with Crippen LogP contribution in [0.2, 0.25) is 10.0 Å². The van der Waals surface area contributed by atoms with E-state index in [1.807, 2.05) is 13.0 Å². The summed E-state index contributed by atoms with van der Waals surface area (Å²) in [5, 5.41) is 4.58. The van der Waals surface area contributed by atoms with Gasteiger partial charge in [0.25, 0.3) is 5.91 Å². The van der Waals surface area contributed by atoms with Gasteiger partial charge in [-0.15, -0.1) is 11.3 Å². The molecule has 0 radical (unpaired) electrons. The first kappa shape index (κ1) is 18.7. The fourth-order valence-corrected chi connectivity index (χ4v) is 3.64. The average Bonchev–Trinajstić information content (AvgIpc) is 3.05. The molecule has 0 saturated carbocycles. The van der Waals surface area contributed by atoms with Crippen molar-refractivity contribution in [1.29, 1.82) is 0 Å². The second-order valence-electron chi connectivity index (χ2n) is 5.46. The van der Waals surface area contributed by atoms with E-state index in [1.54, 1.807) is 42.6 Å². The van der Waals surface area contributed by atoms with Crippen molar-refractivity contribution in [2.75, 3.05) is 11.9 Å². The van der Waals surface area contributed by atoms with E-state index in [2.05, 4.69) is 10.3 Å². The van der Waals surface area contributed by atoms with Crippen molar-refractivity contribution in [1.82, 2.24) is 4.98 Å². The van der Waals surface area contributed by atoms with Gasteiger partial charge in [0.2, 0.25) is 0 Å². The summed E-state index contributed by atoms with van der Waals surface area (Å²) < 4.78 is 5.37. The first-order chi connectivity index (χ1) is 12.5. The maximum Gasteiger partial charge on any atom is 0.257 e. The lowest BCUT2D eigenvalue weighted by Crippen LogP contribution is -2.11. The SMILES string of the molecule is CCOc1ccc(C(=O)Nc2ncc(Cc3ccc(Cl)cc3Cl)s2)cc1. The molecule has 134 valence electrons. The summed E-state index contributed by atoms with van der Waals surface area (Å²) in [6.45, 7) is 2.50. The van der Waals surface area contributed by atoms with Gasteiger partial charge < -0.3 is 4.74 Å². The molecule has 3 rings (SSSR count). The molecule has 1 N–H and O–H groups in total. The molecule has 1 aromatic heterocycles. The number of aromatic nitrogens is 1. The summed E-state index contributed by atoms with van der Waals surface area (Å²) in [6.07, 6.45) is 2.37. The number of anilines is 1. The first-order valence-electron chi connectivity index (χ1n) is 7.98. The van der Waals surface area contributed by atoms with Crippen molar-refractivity contribution < 1.29 is 9.53 Å². The van der Waals surface area contributed by atoms with E-state index in [-0.39, 0.29) is 5.91 Å². The van der Waals surface area contributed by atoms with E-state index in [0.29, 0.717) is 33.8 Å². The van der Waals surface area contributed by atoms with E-state index in [9.17, 15) is 4.79 Å². The highest BCUT2D eigenvalue weighted by molar-refractivity contribution is 7.15. The van der Waals surface area contributed by atoms with Gasteiger partial charge in [-0.05, 0) is 48.9 Å². The summed E-state index contributed by atoms with van der Waals surface area (Å²) in [4.78, 5) is 17.6. The Balaban J connectivity index is 1.65. The van der Waals surface area contributed by atoms with E-state index >= 15 is 0 Å². The number of amides is 1. The Morgan fingerprint density at radius 1 is 1.19 bits per heavy atom. The van der Waals surface area contributed by atoms with E-state index in [1.165, 1.54) is 11.3 Å². The molecule has 2 aromatic carbocycles. The predicted molar refractivity (Wildman–Crippen MR) is 107 cm³/mol. The fraction of sp³-hybridized carbons (Fsp3) is 0.158. The maximum atomic E-state index is 12.3. The summed E-state index contributed by atoms with van der Waals surface area (Å²) in [5.41, 5.74) is 1.51. The molecule has 0 aliphatic heterocycles. The minimum atomic E-state index is -0.210. The second kappa shape index (κ2) is 8.54. The number of hydrogen-bond donors (Lipinski definition) is 1.